The normalized spacial score (nSPS) is 17.4. The third kappa shape index (κ3) is 6.51. The Morgan fingerprint density at radius 2 is 1.88 bits per heavy atom. The van der Waals surface area contributed by atoms with Crippen LogP contribution in [-0.4, -0.2) is 36.3 Å². The number of anilines is 1. The molecule has 1 aromatic heterocycles. The van der Waals surface area contributed by atoms with Gasteiger partial charge in [0.1, 0.15) is 0 Å². The summed E-state index contributed by atoms with van der Waals surface area (Å²) in [4.78, 5) is 24.5. The van der Waals surface area contributed by atoms with E-state index in [0.717, 1.165) is 29.0 Å². The van der Waals surface area contributed by atoms with E-state index in [9.17, 15) is 9.59 Å². The van der Waals surface area contributed by atoms with Gasteiger partial charge in [0.15, 0.2) is 17.2 Å². The molecule has 1 heterocycles. The number of hydrogen-bond donors (Lipinski definition) is 2. The van der Waals surface area contributed by atoms with Crippen LogP contribution in [0.2, 0.25) is 0 Å². The minimum Gasteiger partial charge on any atom is -0.479 e. The number of rotatable bonds is 8. The molecule has 0 bridgehead atoms. The number of hydrogen-bond acceptors (Lipinski definition) is 6. The van der Waals surface area contributed by atoms with Gasteiger partial charge in [0.25, 0.3) is 0 Å². The molecule has 0 atom stereocenters. The van der Waals surface area contributed by atoms with Gasteiger partial charge in [-0.15, -0.1) is 11.3 Å². The van der Waals surface area contributed by atoms with E-state index in [4.69, 9.17) is 14.6 Å². The maximum atomic E-state index is 12.5. The lowest BCUT2D eigenvalue weighted by Crippen LogP contribution is -2.40. The van der Waals surface area contributed by atoms with E-state index in [1.165, 1.54) is 17.8 Å². The molecular formula is C25H32BrNO5S. The Bertz CT molecular complexity index is 1010. The van der Waals surface area contributed by atoms with Gasteiger partial charge in [0, 0.05) is 11.7 Å². The highest BCUT2D eigenvalue weighted by atomic mass is 79.9. The van der Waals surface area contributed by atoms with E-state index in [1.807, 2.05) is 18.2 Å². The number of halogens is 1. The summed E-state index contributed by atoms with van der Waals surface area (Å²) in [5, 5.41) is 12.7. The van der Waals surface area contributed by atoms with Crippen molar-refractivity contribution >= 4 is 44.9 Å². The molecular weight excluding hydrogens is 506 g/mol. The first-order valence-corrected chi connectivity index (χ1v) is 12.7. The Kier molecular flexibility index (Phi) is 7.79. The van der Waals surface area contributed by atoms with E-state index >= 15 is 0 Å². The quantitative estimate of drug-likeness (QED) is 0.358. The Balaban J connectivity index is 1.91. The second-order valence-corrected chi connectivity index (χ2v) is 12.0. The first-order chi connectivity index (χ1) is 15.4. The molecule has 1 aliphatic carbocycles. The number of esters is 1. The lowest BCUT2D eigenvalue weighted by Gasteiger charge is -2.45. The van der Waals surface area contributed by atoms with Gasteiger partial charge >= 0.3 is 11.9 Å². The molecule has 0 unspecified atom stereocenters. The summed E-state index contributed by atoms with van der Waals surface area (Å²) in [7, 11) is 0. The third-order valence-electron chi connectivity index (χ3n) is 5.66. The van der Waals surface area contributed by atoms with E-state index in [1.54, 1.807) is 6.92 Å². The highest BCUT2D eigenvalue weighted by Gasteiger charge is 2.38. The highest BCUT2D eigenvalue weighted by molar-refractivity contribution is 9.10. The van der Waals surface area contributed by atoms with E-state index in [0.29, 0.717) is 10.5 Å². The van der Waals surface area contributed by atoms with Crippen LogP contribution in [0.4, 0.5) is 5.69 Å². The summed E-state index contributed by atoms with van der Waals surface area (Å²) in [6.45, 7) is 10.7. The molecule has 6 nitrogen and oxygen atoms in total. The summed E-state index contributed by atoms with van der Waals surface area (Å²) in [5.74, 6) is -1.45. The predicted molar refractivity (Wildman–Crippen MR) is 135 cm³/mol. The van der Waals surface area contributed by atoms with Crippen molar-refractivity contribution in [3.8, 4) is 16.2 Å². The van der Waals surface area contributed by atoms with Gasteiger partial charge in [-0.3, -0.25) is 0 Å². The molecule has 180 valence electrons. The Labute approximate surface area is 207 Å². The number of carbonyl (C=O) groups excluding carboxylic acids is 1. The topological polar surface area (TPSA) is 84.9 Å². The molecule has 1 aromatic carbocycles. The number of ether oxygens (including phenoxy) is 2. The summed E-state index contributed by atoms with van der Waals surface area (Å²) >= 11 is 4.75. The summed E-state index contributed by atoms with van der Waals surface area (Å²) in [6, 6.07) is 8.42. The fourth-order valence-corrected chi connectivity index (χ4v) is 7.05. The monoisotopic (exact) mass is 537 g/mol. The van der Waals surface area contributed by atoms with Crippen molar-refractivity contribution < 1.29 is 24.2 Å². The molecule has 2 aromatic rings. The first-order valence-electron chi connectivity index (χ1n) is 11.1. The SMILES string of the molecule is CCOC(=O)c1sc(-c2cccc(NC3CC(C)(C)CC(C)(C)C3)c2)c(Br)c1OCC(=O)O. The van der Waals surface area contributed by atoms with Gasteiger partial charge in [-0.1, -0.05) is 39.8 Å². The van der Waals surface area contributed by atoms with Crippen LogP contribution in [0.3, 0.4) is 0 Å². The zero-order valence-electron chi connectivity index (χ0n) is 19.8. The van der Waals surface area contributed by atoms with Gasteiger partial charge in [0.2, 0.25) is 0 Å². The van der Waals surface area contributed by atoms with Crippen molar-refractivity contribution in [3.05, 3.63) is 33.6 Å². The van der Waals surface area contributed by atoms with Crippen molar-refractivity contribution in [2.45, 2.75) is 59.9 Å². The van der Waals surface area contributed by atoms with Crippen LogP contribution in [-0.2, 0) is 9.53 Å². The molecule has 2 N–H and O–H groups in total. The summed E-state index contributed by atoms with van der Waals surface area (Å²) in [6.07, 6.45) is 3.41. The second-order valence-electron chi connectivity index (χ2n) is 10.1. The zero-order chi connectivity index (χ0) is 24.4. The largest absolute Gasteiger partial charge is 0.479 e. The van der Waals surface area contributed by atoms with Gasteiger partial charge in [-0.05, 0) is 70.6 Å². The molecule has 1 saturated carbocycles. The van der Waals surface area contributed by atoms with Crippen molar-refractivity contribution in [2.24, 2.45) is 10.8 Å². The number of thiophene rings is 1. The molecule has 0 saturated heterocycles. The second kappa shape index (κ2) is 10.1. The molecule has 33 heavy (non-hydrogen) atoms. The van der Waals surface area contributed by atoms with Gasteiger partial charge < -0.3 is 19.9 Å². The fourth-order valence-electron chi connectivity index (χ4n) is 5.11. The first kappa shape index (κ1) is 25.6. The van der Waals surface area contributed by atoms with Gasteiger partial charge in [-0.25, -0.2) is 9.59 Å². The van der Waals surface area contributed by atoms with Crippen molar-refractivity contribution in [3.63, 3.8) is 0 Å². The van der Waals surface area contributed by atoms with Crippen LogP contribution in [0.25, 0.3) is 10.4 Å². The number of nitrogens with one attached hydrogen (secondary N) is 1. The lowest BCUT2D eigenvalue weighted by molar-refractivity contribution is -0.139. The molecule has 0 radical (unpaired) electrons. The van der Waals surface area contributed by atoms with Crippen LogP contribution in [0, 0.1) is 10.8 Å². The smallest absolute Gasteiger partial charge is 0.352 e. The molecule has 1 aliphatic rings. The Morgan fingerprint density at radius 1 is 1.21 bits per heavy atom. The highest BCUT2D eigenvalue weighted by Crippen LogP contribution is 2.48. The van der Waals surface area contributed by atoms with Gasteiger partial charge in [-0.2, -0.15) is 0 Å². The number of carboxylic acids is 1. The predicted octanol–water partition coefficient (Wildman–Crippen LogP) is 6.83. The zero-order valence-corrected chi connectivity index (χ0v) is 22.2. The van der Waals surface area contributed by atoms with E-state index in [-0.39, 0.29) is 28.1 Å². The Hall–Kier alpha value is -2.06. The van der Waals surface area contributed by atoms with Crippen molar-refractivity contribution in [2.75, 3.05) is 18.5 Å². The van der Waals surface area contributed by atoms with Crippen LogP contribution in [0.1, 0.15) is 63.6 Å². The van der Waals surface area contributed by atoms with Crippen molar-refractivity contribution in [1.29, 1.82) is 0 Å². The number of aliphatic carboxylic acids is 1. The van der Waals surface area contributed by atoms with Crippen LogP contribution < -0.4 is 10.1 Å². The Morgan fingerprint density at radius 3 is 2.48 bits per heavy atom. The molecule has 0 aliphatic heterocycles. The van der Waals surface area contributed by atoms with Gasteiger partial charge in [0.05, 0.1) is 16.0 Å². The fraction of sp³-hybridized carbons (Fsp3) is 0.520. The minimum absolute atomic E-state index is 0.199. The number of benzene rings is 1. The van der Waals surface area contributed by atoms with Crippen molar-refractivity contribution in [1.82, 2.24) is 0 Å². The van der Waals surface area contributed by atoms with Crippen LogP contribution in [0.15, 0.2) is 28.7 Å². The average Bonchev–Trinajstić information content (AvgIpc) is 3.00. The average molecular weight is 539 g/mol. The number of carbonyl (C=O) groups is 2. The molecule has 0 amide bonds. The van der Waals surface area contributed by atoms with E-state index < -0.39 is 18.5 Å². The standard InChI is InChI=1S/C25H32BrNO5S/c1-6-31-23(30)22-20(32-13-18(28)29)19(26)21(33-22)15-8-7-9-16(10-15)27-17-11-24(2,3)14-25(4,5)12-17/h7-10,17,27H,6,11-14H2,1-5H3,(H,28,29). The molecule has 0 spiro atoms. The maximum Gasteiger partial charge on any atom is 0.352 e. The molecule has 3 rings (SSSR count). The summed E-state index contributed by atoms with van der Waals surface area (Å²) < 4.78 is 11.1. The number of carboxylic acid groups (broad SMARTS) is 1. The maximum absolute atomic E-state index is 12.5. The molecule has 1 fully saturated rings. The van der Waals surface area contributed by atoms with E-state index in [2.05, 4.69) is 55.0 Å². The minimum atomic E-state index is -1.12. The lowest BCUT2D eigenvalue weighted by atomic mass is 9.63. The molecule has 8 heteroatoms. The van der Waals surface area contributed by atoms with Crippen LogP contribution in [0.5, 0.6) is 5.75 Å². The summed E-state index contributed by atoms with van der Waals surface area (Å²) in [5.41, 5.74) is 2.47. The van der Waals surface area contributed by atoms with Crippen LogP contribution >= 0.6 is 27.3 Å². The third-order valence-corrected chi connectivity index (χ3v) is 7.88.